The predicted octanol–water partition coefficient (Wildman–Crippen LogP) is 0.209. The summed E-state index contributed by atoms with van der Waals surface area (Å²) in [5.74, 6) is 0.909. The molecule has 1 aromatic rings. The van der Waals surface area contributed by atoms with Crippen molar-refractivity contribution in [2.75, 3.05) is 20.8 Å². The molecule has 0 bridgehead atoms. The lowest BCUT2D eigenvalue weighted by molar-refractivity contribution is 0.164. The topological polar surface area (TPSA) is 64.9 Å². The normalized spacial score (nSPS) is 17.6. The summed E-state index contributed by atoms with van der Waals surface area (Å²) in [4.78, 5) is 0. The molecular formula is C10H19N5O. The summed E-state index contributed by atoms with van der Waals surface area (Å²) in [5, 5.41) is 14.8. The molecule has 0 aliphatic heterocycles. The van der Waals surface area contributed by atoms with Gasteiger partial charge in [-0.1, -0.05) is 0 Å². The second-order valence-corrected chi connectivity index (χ2v) is 4.53. The van der Waals surface area contributed by atoms with Crippen molar-refractivity contribution < 1.29 is 4.74 Å². The van der Waals surface area contributed by atoms with Gasteiger partial charge in [-0.15, -0.1) is 5.10 Å². The van der Waals surface area contributed by atoms with E-state index in [2.05, 4.69) is 20.8 Å². The van der Waals surface area contributed by atoms with E-state index in [1.54, 1.807) is 7.11 Å². The molecule has 0 spiro atoms. The molecule has 0 atom stereocenters. The highest BCUT2D eigenvalue weighted by Gasteiger charge is 2.43. The minimum Gasteiger partial charge on any atom is -0.385 e. The number of rotatable bonds is 7. The van der Waals surface area contributed by atoms with Crippen molar-refractivity contribution in [3.05, 3.63) is 5.82 Å². The van der Waals surface area contributed by atoms with Gasteiger partial charge in [0.25, 0.3) is 0 Å². The van der Waals surface area contributed by atoms with E-state index in [0.717, 1.165) is 25.4 Å². The van der Waals surface area contributed by atoms with Crippen molar-refractivity contribution in [3.8, 4) is 0 Å². The van der Waals surface area contributed by atoms with Crippen molar-refractivity contribution in [1.82, 2.24) is 25.5 Å². The fraction of sp³-hybridized carbons (Fsp3) is 0.900. The van der Waals surface area contributed by atoms with E-state index in [4.69, 9.17) is 4.74 Å². The van der Waals surface area contributed by atoms with Crippen LogP contribution in [0.5, 0.6) is 0 Å². The zero-order valence-electron chi connectivity index (χ0n) is 9.94. The maximum absolute atomic E-state index is 5.14. The third-order valence-corrected chi connectivity index (χ3v) is 3.22. The first-order valence-corrected chi connectivity index (χ1v) is 5.68. The number of aromatic nitrogens is 4. The minimum atomic E-state index is 0.383. The van der Waals surface area contributed by atoms with E-state index in [0.29, 0.717) is 12.0 Å². The van der Waals surface area contributed by atoms with Crippen LogP contribution in [0.25, 0.3) is 0 Å². The molecule has 1 heterocycles. The number of tetrazole rings is 1. The smallest absolute Gasteiger partial charge is 0.165 e. The Morgan fingerprint density at radius 1 is 1.50 bits per heavy atom. The van der Waals surface area contributed by atoms with Crippen molar-refractivity contribution in [1.29, 1.82) is 0 Å². The van der Waals surface area contributed by atoms with Gasteiger partial charge in [0.05, 0.1) is 13.1 Å². The molecule has 1 fully saturated rings. The molecule has 1 aliphatic rings. The highest BCUT2D eigenvalue weighted by molar-refractivity contribution is 4.94. The van der Waals surface area contributed by atoms with Gasteiger partial charge in [-0.25, -0.2) is 4.68 Å². The molecule has 1 aliphatic carbocycles. The van der Waals surface area contributed by atoms with E-state index in [-0.39, 0.29) is 0 Å². The number of hydrogen-bond donors (Lipinski definition) is 1. The fourth-order valence-corrected chi connectivity index (χ4v) is 1.93. The summed E-state index contributed by atoms with van der Waals surface area (Å²) in [7, 11) is 3.65. The first kappa shape index (κ1) is 11.5. The van der Waals surface area contributed by atoms with Crippen LogP contribution in [0.1, 0.15) is 25.1 Å². The zero-order valence-corrected chi connectivity index (χ0v) is 9.94. The number of nitrogens with zero attached hydrogens (tertiary/aromatic N) is 4. The highest BCUT2D eigenvalue weighted by Crippen LogP contribution is 2.50. The van der Waals surface area contributed by atoms with Crippen LogP contribution >= 0.6 is 0 Å². The summed E-state index contributed by atoms with van der Waals surface area (Å²) in [5.41, 5.74) is 0.383. The van der Waals surface area contributed by atoms with Crippen molar-refractivity contribution in [2.24, 2.45) is 5.41 Å². The molecule has 2 rings (SSSR count). The third-order valence-electron chi connectivity index (χ3n) is 3.22. The molecule has 6 heteroatoms. The Morgan fingerprint density at radius 2 is 2.31 bits per heavy atom. The van der Waals surface area contributed by atoms with Crippen LogP contribution in [0.4, 0.5) is 0 Å². The molecule has 1 aromatic heterocycles. The molecule has 1 N–H and O–H groups in total. The van der Waals surface area contributed by atoms with Gasteiger partial charge in [-0.05, 0) is 42.2 Å². The van der Waals surface area contributed by atoms with Crippen LogP contribution in [-0.2, 0) is 17.8 Å². The van der Waals surface area contributed by atoms with Crippen LogP contribution in [-0.4, -0.2) is 41.0 Å². The second-order valence-electron chi connectivity index (χ2n) is 4.53. The predicted molar refractivity (Wildman–Crippen MR) is 58.7 cm³/mol. The average Bonchev–Trinajstić information content (AvgIpc) is 2.92. The SMILES string of the molecule is CNCc1nnnn1CC1(CCOC)CC1. The van der Waals surface area contributed by atoms with Gasteiger partial charge in [0.15, 0.2) is 5.82 Å². The Hall–Kier alpha value is -1.01. The molecule has 1 saturated carbocycles. The Kier molecular flexibility index (Phi) is 3.50. The molecule has 0 aromatic carbocycles. The van der Waals surface area contributed by atoms with E-state index in [1.807, 2.05) is 11.7 Å². The van der Waals surface area contributed by atoms with Crippen LogP contribution in [0.15, 0.2) is 0 Å². The van der Waals surface area contributed by atoms with Gasteiger partial charge < -0.3 is 10.1 Å². The Labute approximate surface area is 95.4 Å². The summed E-state index contributed by atoms with van der Waals surface area (Å²) in [6.45, 7) is 2.46. The molecule has 90 valence electrons. The average molecular weight is 225 g/mol. The molecule has 0 unspecified atom stereocenters. The minimum absolute atomic E-state index is 0.383. The van der Waals surface area contributed by atoms with Crippen LogP contribution in [0.3, 0.4) is 0 Å². The first-order chi connectivity index (χ1) is 7.79. The largest absolute Gasteiger partial charge is 0.385 e. The van der Waals surface area contributed by atoms with Crippen LogP contribution < -0.4 is 5.32 Å². The Bertz CT molecular complexity index is 334. The number of ether oxygens (including phenoxy) is 1. The molecule has 0 saturated heterocycles. The maximum Gasteiger partial charge on any atom is 0.165 e. The second kappa shape index (κ2) is 4.88. The summed E-state index contributed by atoms with van der Waals surface area (Å²) in [6.07, 6.45) is 3.62. The number of hydrogen-bond acceptors (Lipinski definition) is 5. The van der Waals surface area contributed by atoms with Crippen LogP contribution in [0.2, 0.25) is 0 Å². The quantitative estimate of drug-likeness (QED) is 0.718. The fourth-order valence-electron chi connectivity index (χ4n) is 1.93. The van der Waals surface area contributed by atoms with Gasteiger partial charge in [-0.3, -0.25) is 0 Å². The monoisotopic (exact) mass is 225 g/mol. The van der Waals surface area contributed by atoms with Crippen LogP contribution in [0, 0.1) is 5.41 Å². The number of nitrogens with one attached hydrogen (secondary N) is 1. The van der Waals surface area contributed by atoms with Gasteiger partial charge in [0.2, 0.25) is 0 Å². The van der Waals surface area contributed by atoms with E-state index in [9.17, 15) is 0 Å². The third kappa shape index (κ3) is 2.56. The van der Waals surface area contributed by atoms with E-state index < -0.39 is 0 Å². The standard InChI is InChI=1S/C10H19N5O/c1-11-7-9-12-13-14-15(9)8-10(3-4-10)5-6-16-2/h11H,3-8H2,1-2H3. The van der Waals surface area contributed by atoms with E-state index >= 15 is 0 Å². The molecule has 0 radical (unpaired) electrons. The lowest BCUT2D eigenvalue weighted by atomic mass is 10.0. The lowest BCUT2D eigenvalue weighted by Crippen LogP contribution is -2.19. The maximum atomic E-state index is 5.14. The van der Waals surface area contributed by atoms with Crippen molar-refractivity contribution in [2.45, 2.75) is 32.4 Å². The molecule has 16 heavy (non-hydrogen) atoms. The summed E-state index contributed by atoms with van der Waals surface area (Å²) in [6, 6.07) is 0. The molecular weight excluding hydrogens is 206 g/mol. The Balaban J connectivity index is 1.95. The van der Waals surface area contributed by atoms with Gasteiger partial charge in [-0.2, -0.15) is 0 Å². The molecule has 0 amide bonds. The lowest BCUT2D eigenvalue weighted by Gasteiger charge is -2.14. The van der Waals surface area contributed by atoms with Crippen molar-refractivity contribution in [3.63, 3.8) is 0 Å². The first-order valence-electron chi connectivity index (χ1n) is 5.68. The highest BCUT2D eigenvalue weighted by atomic mass is 16.5. The molecule has 6 nitrogen and oxygen atoms in total. The van der Waals surface area contributed by atoms with Gasteiger partial charge >= 0.3 is 0 Å². The van der Waals surface area contributed by atoms with Crippen molar-refractivity contribution >= 4 is 0 Å². The zero-order chi connectivity index (χ0) is 11.4. The number of methoxy groups -OCH3 is 1. The van der Waals surface area contributed by atoms with Gasteiger partial charge in [0.1, 0.15) is 0 Å². The van der Waals surface area contributed by atoms with E-state index in [1.165, 1.54) is 12.8 Å². The Morgan fingerprint density at radius 3 is 2.94 bits per heavy atom. The summed E-state index contributed by atoms with van der Waals surface area (Å²) >= 11 is 0. The van der Waals surface area contributed by atoms with Gasteiger partial charge in [0, 0.05) is 13.7 Å². The summed E-state index contributed by atoms with van der Waals surface area (Å²) < 4.78 is 7.06.